The van der Waals surface area contributed by atoms with Crippen LogP contribution in [0.2, 0.25) is 0 Å². The molecule has 2 atom stereocenters. The van der Waals surface area contributed by atoms with Crippen molar-refractivity contribution in [3.05, 3.63) is 5.21 Å². The molecule has 9 heteroatoms. The van der Waals surface area contributed by atoms with Gasteiger partial charge in [0, 0.05) is 6.92 Å². The zero-order valence-corrected chi connectivity index (χ0v) is 13.3. The second-order valence-electron chi connectivity index (χ2n) is 6.25. The van der Waals surface area contributed by atoms with E-state index in [1.165, 1.54) is 11.9 Å². The third-order valence-electron chi connectivity index (χ3n) is 3.14. The lowest BCUT2D eigenvalue weighted by atomic mass is 9.97. The van der Waals surface area contributed by atoms with Crippen molar-refractivity contribution in [1.29, 1.82) is 0 Å². The van der Waals surface area contributed by atoms with Crippen molar-refractivity contribution >= 4 is 11.9 Å². The molecule has 1 aliphatic heterocycles. The topological polar surface area (TPSA) is 114 Å². The molecule has 0 amide bonds. The Morgan fingerprint density at radius 3 is 2.64 bits per heavy atom. The highest BCUT2D eigenvalue weighted by atomic mass is 16.8. The summed E-state index contributed by atoms with van der Waals surface area (Å²) in [6, 6.07) is 0. The highest BCUT2D eigenvalue weighted by Crippen LogP contribution is 2.18. The van der Waals surface area contributed by atoms with E-state index in [-0.39, 0.29) is 11.5 Å². The largest absolute Gasteiger partial charge is 0.569 e. The van der Waals surface area contributed by atoms with Gasteiger partial charge >= 0.3 is 11.9 Å². The monoisotopic (exact) mass is 317 g/mol. The van der Waals surface area contributed by atoms with Crippen LogP contribution >= 0.6 is 0 Å². The van der Waals surface area contributed by atoms with Crippen LogP contribution in [0, 0.1) is 16.5 Å². The van der Waals surface area contributed by atoms with Crippen LogP contribution in [-0.2, 0) is 19.2 Å². The molecule has 0 aromatic rings. The normalized spacial score (nSPS) is 21.2. The fourth-order valence-electron chi connectivity index (χ4n) is 1.82. The van der Waals surface area contributed by atoms with Gasteiger partial charge in [0.15, 0.2) is 0 Å². The van der Waals surface area contributed by atoms with Crippen LogP contribution in [0.4, 0.5) is 0 Å². The predicted octanol–water partition coefficient (Wildman–Crippen LogP) is 1.53. The van der Waals surface area contributed by atoms with E-state index < -0.39 is 29.6 Å². The first-order chi connectivity index (χ1) is 10.1. The molecule has 22 heavy (non-hydrogen) atoms. The molecular weight excluding hydrogens is 294 g/mol. The Bertz CT molecular complexity index is 446. The molecule has 1 N–H and O–H groups in total. The van der Waals surface area contributed by atoms with Crippen LogP contribution in [0.25, 0.3) is 0 Å². The number of carboxylic acids is 1. The number of carbonyl (C=O) groups is 2. The highest BCUT2D eigenvalue weighted by Gasteiger charge is 2.30. The van der Waals surface area contributed by atoms with E-state index in [9.17, 15) is 14.8 Å². The molecule has 126 valence electrons. The van der Waals surface area contributed by atoms with Crippen LogP contribution in [-0.4, -0.2) is 46.4 Å². The summed E-state index contributed by atoms with van der Waals surface area (Å²) in [6.45, 7) is 6.99. The fourth-order valence-corrected chi connectivity index (χ4v) is 1.82. The van der Waals surface area contributed by atoms with Gasteiger partial charge in [0.05, 0.1) is 29.4 Å². The van der Waals surface area contributed by atoms with Crippen LogP contribution in [0.3, 0.4) is 0 Å². The van der Waals surface area contributed by atoms with Crippen LogP contribution < -0.4 is 0 Å². The SMILES string of the molecule is CC(O/N=[N+](\[O-])N1CCCC(C(=O)O)C1)OC(=O)C(C)(C)C. The third kappa shape index (κ3) is 5.38. The molecule has 0 bridgehead atoms. The lowest BCUT2D eigenvalue weighted by Gasteiger charge is -2.26. The van der Waals surface area contributed by atoms with Gasteiger partial charge in [-0.25, -0.2) is 0 Å². The molecule has 0 aromatic carbocycles. The van der Waals surface area contributed by atoms with E-state index in [2.05, 4.69) is 5.28 Å². The number of hydrazine groups is 1. The minimum absolute atomic E-state index is 0.0713. The molecule has 9 nitrogen and oxygen atoms in total. The number of piperidine rings is 1. The average Bonchev–Trinajstić information content (AvgIpc) is 2.43. The lowest BCUT2D eigenvalue weighted by Crippen LogP contribution is -2.42. The zero-order chi connectivity index (χ0) is 16.9. The Morgan fingerprint density at radius 1 is 1.45 bits per heavy atom. The van der Waals surface area contributed by atoms with E-state index in [1.807, 2.05) is 0 Å². The Labute approximate surface area is 129 Å². The average molecular weight is 317 g/mol. The second-order valence-corrected chi connectivity index (χ2v) is 6.25. The van der Waals surface area contributed by atoms with Crippen molar-refractivity contribution in [2.24, 2.45) is 16.6 Å². The highest BCUT2D eigenvalue weighted by molar-refractivity contribution is 5.75. The minimum Gasteiger partial charge on any atom is -0.569 e. The fraction of sp³-hybridized carbons (Fsp3) is 0.846. The predicted molar refractivity (Wildman–Crippen MR) is 74.1 cm³/mol. The smallest absolute Gasteiger partial charge is 0.314 e. The molecule has 0 saturated carbocycles. The van der Waals surface area contributed by atoms with Gasteiger partial charge in [0.1, 0.15) is 0 Å². The molecule has 0 aromatic heterocycles. The molecule has 1 rings (SSSR count). The molecule has 2 unspecified atom stereocenters. The van der Waals surface area contributed by atoms with Crippen molar-refractivity contribution in [2.75, 3.05) is 13.1 Å². The van der Waals surface area contributed by atoms with Crippen LogP contribution in [0.1, 0.15) is 40.5 Å². The summed E-state index contributed by atoms with van der Waals surface area (Å²) in [5.41, 5.74) is -0.684. The maximum Gasteiger partial charge on any atom is 0.314 e. The molecule has 0 aliphatic carbocycles. The summed E-state index contributed by atoms with van der Waals surface area (Å²) in [5, 5.41) is 25.3. The van der Waals surface area contributed by atoms with Gasteiger partial charge in [-0.05, 0) is 33.6 Å². The quantitative estimate of drug-likeness (QED) is 0.269. The Morgan fingerprint density at radius 2 is 2.09 bits per heavy atom. The van der Waals surface area contributed by atoms with Gasteiger partial charge in [-0.15, -0.1) is 5.01 Å². The van der Waals surface area contributed by atoms with E-state index in [1.54, 1.807) is 20.8 Å². The Balaban J connectivity index is 2.51. The molecule has 1 heterocycles. The van der Waals surface area contributed by atoms with E-state index in [4.69, 9.17) is 14.7 Å². The summed E-state index contributed by atoms with van der Waals surface area (Å²) >= 11 is 0. The minimum atomic E-state index is -1.01. The summed E-state index contributed by atoms with van der Waals surface area (Å²) in [5.74, 6) is -2.01. The van der Waals surface area contributed by atoms with E-state index in [0.29, 0.717) is 19.4 Å². The first kappa shape index (κ1) is 18.0. The van der Waals surface area contributed by atoms with Gasteiger partial charge in [-0.2, -0.15) is 0 Å². The molecule has 0 radical (unpaired) electrons. The summed E-state index contributed by atoms with van der Waals surface area (Å²) < 4.78 is 4.98. The number of aliphatic carboxylic acids is 1. The third-order valence-corrected chi connectivity index (χ3v) is 3.14. The number of rotatable bonds is 5. The first-order valence-electron chi connectivity index (χ1n) is 7.14. The Hall–Kier alpha value is -2.06. The number of esters is 1. The van der Waals surface area contributed by atoms with Gasteiger partial charge in [-0.3, -0.25) is 14.4 Å². The molecule has 1 saturated heterocycles. The molecule has 0 spiro atoms. The van der Waals surface area contributed by atoms with Crippen molar-refractivity contribution < 1.29 is 29.2 Å². The summed E-state index contributed by atoms with van der Waals surface area (Å²) in [7, 11) is 0. The van der Waals surface area contributed by atoms with Gasteiger partial charge < -0.3 is 15.1 Å². The Kier molecular flexibility index (Phi) is 5.95. The van der Waals surface area contributed by atoms with Gasteiger partial charge in [0.25, 0.3) is 6.29 Å². The standard InChI is InChI=1S/C13H23N3O6/c1-9(21-12(19)13(2,3)4)22-14-16(20)15-7-5-6-10(8-15)11(17)18/h9-10H,5-8H2,1-4H3,(H,17,18)/b16-14-. The number of carboxylic acid groups (broad SMARTS) is 1. The van der Waals surface area contributed by atoms with Gasteiger partial charge in [0.2, 0.25) is 5.28 Å². The summed E-state index contributed by atoms with van der Waals surface area (Å²) in [4.78, 5) is 27.6. The number of carbonyl (C=O) groups excluding carboxylic acids is 1. The van der Waals surface area contributed by atoms with Crippen LogP contribution in [0.15, 0.2) is 5.28 Å². The number of hydrogen-bond donors (Lipinski definition) is 1. The zero-order valence-electron chi connectivity index (χ0n) is 13.3. The maximum atomic E-state index is 11.8. The molecule has 1 fully saturated rings. The number of ether oxygens (including phenoxy) is 1. The van der Waals surface area contributed by atoms with Crippen LogP contribution in [0.5, 0.6) is 0 Å². The number of hydrogen-bond acceptors (Lipinski definition) is 6. The van der Waals surface area contributed by atoms with Crippen molar-refractivity contribution in [3.8, 4) is 0 Å². The lowest BCUT2D eigenvalue weighted by molar-refractivity contribution is -0.715. The second kappa shape index (κ2) is 7.28. The van der Waals surface area contributed by atoms with E-state index >= 15 is 0 Å². The van der Waals surface area contributed by atoms with E-state index in [0.717, 1.165) is 0 Å². The van der Waals surface area contributed by atoms with Crippen molar-refractivity contribution in [3.63, 3.8) is 0 Å². The number of nitrogens with zero attached hydrogens (tertiary/aromatic N) is 3. The summed E-state index contributed by atoms with van der Waals surface area (Å²) in [6.07, 6.45) is 0.100. The molecule has 1 aliphatic rings. The maximum absolute atomic E-state index is 11.8. The molecular formula is C13H23N3O6. The van der Waals surface area contributed by atoms with Crippen molar-refractivity contribution in [1.82, 2.24) is 5.01 Å². The van der Waals surface area contributed by atoms with Crippen molar-refractivity contribution in [2.45, 2.75) is 46.8 Å². The first-order valence-corrected chi connectivity index (χ1v) is 7.14. The van der Waals surface area contributed by atoms with Gasteiger partial charge in [-0.1, -0.05) is 0 Å².